The van der Waals surface area contributed by atoms with E-state index in [1.54, 1.807) is 11.0 Å². The fourth-order valence-corrected chi connectivity index (χ4v) is 2.66. The highest BCUT2D eigenvalue weighted by Crippen LogP contribution is 2.21. The molecule has 2 amide bonds. The van der Waals surface area contributed by atoms with Gasteiger partial charge in [0.1, 0.15) is 5.69 Å². The maximum Gasteiger partial charge on any atom is 0.281 e. The summed E-state index contributed by atoms with van der Waals surface area (Å²) in [7, 11) is 1.82. The molecule has 0 aliphatic rings. The van der Waals surface area contributed by atoms with Gasteiger partial charge in [0, 0.05) is 24.7 Å². The third kappa shape index (κ3) is 5.42. The summed E-state index contributed by atoms with van der Waals surface area (Å²) in [6, 6.07) is 9.59. The molecule has 1 aromatic carbocycles. The first-order valence-corrected chi connectivity index (χ1v) is 8.85. The van der Waals surface area contributed by atoms with Crippen LogP contribution in [-0.2, 0) is 9.59 Å². The van der Waals surface area contributed by atoms with E-state index in [2.05, 4.69) is 10.5 Å². The molecule has 1 atom stereocenters. The van der Waals surface area contributed by atoms with E-state index in [0.717, 1.165) is 16.0 Å². The highest BCUT2D eigenvalue weighted by atomic mass is 16.5. The van der Waals surface area contributed by atoms with Crippen molar-refractivity contribution in [1.29, 1.82) is 0 Å². The van der Waals surface area contributed by atoms with Gasteiger partial charge in [-0.2, -0.15) is 0 Å². The Bertz CT molecular complexity index is 735. The van der Waals surface area contributed by atoms with Gasteiger partial charge in [-0.15, -0.1) is 0 Å². The number of benzene rings is 1. The fraction of sp³-hybridized carbons (Fsp3) is 0.421. The molecule has 0 radical (unpaired) electrons. The van der Waals surface area contributed by atoms with Crippen LogP contribution in [0.25, 0.3) is 11.3 Å². The Hall–Kier alpha value is -2.67. The predicted molar refractivity (Wildman–Crippen MR) is 99.9 cm³/mol. The lowest BCUT2D eigenvalue weighted by Crippen LogP contribution is -3.11. The molecule has 0 saturated carbocycles. The molecule has 0 bridgehead atoms. The average molecular weight is 359 g/mol. The van der Waals surface area contributed by atoms with E-state index >= 15 is 0 Å². The van der Waals surface area contributed by atoms with E-state index in [1.165, 1.54) is 0 Å². The zero-order valence-electron chi connectivity index (χ0n) is 15.8. The molecule has 2 aromatic rings. The SMILES string of the molecule is CCN(CC)C(=O)C[NH+](C)CC(=O)Nc1cc(-c2ccc(C)cc2)no1. The highest BCUT2D eigenvalue weighted by molar-refractivity contribution is 5.90. The standard InChI is InChI=1S/C19H26N4O3/c1-5-23(6-2)19(25)13-22(4)12-17(24)20-18-11-16(21-26-18)15-9-7-14(3)8-10-15/h7-11H,5-6,12-13H2,1-4H3,(H,20,24)/p+1. The van der Waals surface area contributed by atoms with Gasteiger partial charge in [-0.3, -0.25) is 14.9 Å². The molecular formula is C19H27N4O3+. The Morgan fingerprint density at radius 2 is 1.81 bits per heavy atom. The van der Waals surface area contributed by atoms with E-state index in [1.807, 2.05) is 52.1 Å². The summed E-state index contributed by atoms with van der Waals surface area (Å²) in [5.74, 6) is 0.122. The molecule has 1 unspecified atom stereocenters. The number of carbonyl (C=O) groups excluding carboxylic acids is 2. The summed E-state index contributed by atoms with van der Waals surface area (Å²) in [4.78, 5) is 26.8. The normalized spacial score (nSPS) is 11.8. The summed E-state index contributed by atoms with van der Waals surface area (Å²) in [5.41, 5.74) is 2.75. The van der Waals surface area contributed by atoms with Crippen LogP contribution in [0.4, 0.5) is 5.88 Å². The number of rotatable bonds is 8. The van der Waals surface area contributed by atoms with Crippen LogP contribution in [0.2, 0.25) is 0 Å². The molecule has 0 aliphatic heterocycles. The number of aryl methyl sites for hydroxylation is 1. The highest BCUT2D eigenvalue weighted by Gasteiger charge is 2.18. The minimum atomic E-state index is -0.221. The molecule has 1 aromatic heterocycles. The second-order valence-electron chi connectivity index (χ2n) is 6.37. The number of nitrogens with one attached hydrogen (secondary N) is 2. The number of nitrogens with zero attached hydrogens (tertiary/aromatic N) is 2. The minimum Gasteiger partial charge on any atom is -0.338 e. The fourth-order valence-electron chi connectivity index (χ4n) is 2.66. The number of carbonyl (C=O) groups is 2. The first kappa shape index (κ1) is 19.7. The maximum atomic E-state index is 12.2. The first-order valence-electron chi connectivity index (χ1n) is 8.85. The Balaban J connectivity index is 1.88. The van der Waals surface area contributed by atoms with Gasteiger partial charge < -0.3 is 14.3 Å². The van der Waals surface area contributed by atoms with Gasteiger partial charge in [0.25, 0.3) is 11.8 Å². The zero-order valence-corrected chi connectivity index (χ0v) is 15.8. The predicted octanol–water partition coefficient (Wildman–Crippen LogP) is 0.972. The molecule has 7 heteroatoms. The number of hydrogen-bond acceptors (Lipinski definition) is 4. The van der Waals surface area contributed by atoms with Crippen molar-refractivity contribution >= 4 is 17.7 Å². The monoisotopic (exact) mass is 359 g/mol. The van der Waals surface area contributed by atoms with Crippen LogP contribution in [0.3, 0.4) is 0 Å². The molecule has 2 rings (SSSR count). The number of likely N-dealkylation sites (N-methyl/N-ethyl adjacent to an activating group) is 2. The van der Waals surface area contributed by atoms with Gasteiger partial charge in [-0.1, -0.05) is 35.0 Å². The molecule has 0 fully saturated rings. The summed E-state index contributed by atoms with van der Waals surface area (Å²) in [6.07, 6.45) is 0. The van der Waals surface area contributed by atoms with Crippen molar-refractivity contribution in [2.75, 3.05) is 38.5 Å². The van der Waals surface area contributed by atoms with E-state index in [9.17, 15) is 9.59 Å². The van der Waals surface area contributed by atoms with Gasteiger partial charge in [0.05, 0.1) is 7.05 Å². The van der Waals surface area contributed by atoms with Gasteiger partial charge in [0.2, 0.25) is 5.88 Å². The largest absolute Gasteiger partial charge is 0.338 e. The third-order valence-electron chi connectivity index (χ3n) is 4.15. The Kier molecular flexibility index (Phi) is 6.91. The van der Waals surface area contributed by atoms with Crippen LogP contribution >= 0.6 is 0 Å². The van der Waals surface area contributed by atoms with Gasteiger partial charge in [-0.25, -0.2) is 0 Å². The van der Waals surface area contributed by atoms with Crippen LogP contribution in [0.15, 0.2) is 34.9 Å². The Morgan fingerprint density at radius 3 is 2.42 bits per heavy atom. The van der Waals surface area contributed by atoms with Crippen LogP contribution < -0.4 is 10.2 Å². The molecular weight excluding hydrogens is 332 g/mol. The summed E-state index contributed by atoms with van der Waals surface area (Å²) >= 11 is 0. The van der Waals surface area contributed by atoms with Crippen molar-refractivity contribution in [2.24, 2.45) is 0 Å². The summed E-state index contributed by atoms with van der Waals surface area (Å²) in [5, 5.41) is 6.68. The van der Waals surface area contributed by atoms with Crippen molar-refractivity contribution in [3.05, 3.63) is 35.9 Å². The van der Waals surface area contributed by atoms with Crippen molar-refractivity contribution < 1.29 is 19.0 Å². The van der Waals surface area contributed by atoms with E-state index in [4.69, 9.17) is 4.52 Å². The molecule has 140 valence electrons. The van der Waals surface area contributed by atoms with Crippen molar-refractivity contribution in [2.45, 2.75) is 20.8 Å². The van der Waals surface area contributed by atoms with Gasteiger partial charge in [0.15, 0.2) is 13.1 Å². The zero-order chi connectivity index (χ0) is 19.1. The van der Waals surface area contributed by atoms with Crippen molar-refractivity contribution in [3.8, 4) is 11.3 Å². The van der Waals surface area contributed by atoms with Gasteiger partial charge in [-0.05, 0) is 20.8 Å². The Labute approximate surface area is 153 Å². The quantitative estimate of drug-likeness (QED) is 0.736. The average Bonchev–Trinajstić information content (AvgIpc) is 3.04. The molecule has 7 nitrogen and oxygen atoms in total. The number of anilines is 1. The number of hydrogen-bond donors (Lipinski definition) is 2. The number of aromatic nitrogens is 1. The number of quaternary nitrogens is 1. The van der Waals surface area contributed by atoms with Crippen LogP contribution in [0, 0.1) is 6.92 Å². The molecule has 0 aliphatic carbocycles. The van der Waals surface area contributed by atoms with Crippen molar-refractivity contribution in [3.63, 3.8) is 0 Å². The lowest BCUT2D eigenvalue weighted by Gasteiger charge is -2.20. The summed E-state index contributed by atoms with van der Waals surface area (Å²) < 4.78 is 5.19. The lowest BCUT2D eigenvalue weighted by atomic mass is 10.1. The van der Waals surface area contributed by atoms with Crippen LogP contribution in [-0.4, -0.2) is 55.1 Å². The molecule has 0 spiro atoms. The van der Waals surface area contributed by atoms with E-state index in [-0.39, 0.29) is 24.9 Å². The molecule has 1 heterocycles. The molecule has 0 saturated heterocycles. The summed E-state index contributed by atoms with van der Waals surface area (Å²) in [6.45, 7) is 7.71. The van der Waals surface area contributed by atoms with Crippen molar-refractivity contribution in [1.82, 2.24) is 10.1 Å². The first-order chi connectivity index (χ1) is 12.4. The van der Waals surface area contributed by atoms with Gasteiger partial charge >= 0.3 is 0 Å². The molecule has 2 N–H and O–H groups in total. The topological polar surface area (TPSA) is 79.9 Å². The maximum absolute atomic E-state index is 12.2. The van der Waals surface area contributed by atoms with E-state index in [0.29, 0.717) is 24.7 Å². The van der Waals surface area contributed by atoms with E-state index < -0.39 is 0 Å². The van der Waals surface area contributed by atoms with Crippen LogP contribution in [0.5, 0.6) is 0 Å². The molecule has 26 heavy (non-hydrogen) atoms. The minimum absolute atomic E-state index is 0.0432. The smallest absolute Gasteiger partial charge is 0.281 e. The second kappa shape index (κ2) is 9.15. The number of amides is 2. The third-order valence-corrected chi connectivity index (χ3v) is 4.15. The second-order valence-corrected chi connectivity index (χ2v) is 6.37. The van der Waals surface area contributed by atoms with Crippen LogP contribution in [0.1, 0.15) is 19.4 Å². The lowest BCUT2D eigenvalue weighted by molar-refractivity contribution is -0.862. The Morgan fingerprint density at radius 1 is 1.15 bits per heavy atom.